The Hall–Kier alpha value is -5.86. The van der Waals surface area contributed by atoms with Crippen molar-refractivity contribution in [3.8, 4) is 55.6 Å². The summed E-state index contributed by atoms with van der Waals surface area (Å²) in [6.45, 7) is 0. The maximum absolute atomic E-state index is 4.75. The van der Waals surface area contributed by atoms with Gasteiger partial charge in [-0.3, -0.25) is 9.97 Å². The molecule has 2 aromatic heterocycles. The Bertz CT molecular complexity index is 2260. The summed E-state index contributed by atoms with van der Waals surface area (Å²) < 4.78 is 0. The first kappa shape index (κ1) is 25.8. The molecule has 44 heavy (non-hydrogen) atoms. The minimum Gasteiger partial charge on any atom is -0.263 e. The van der Waals surface area contributed by atoms with Gasteiger partial charge in [-0.15, -0.1) is 0 Å². The van der Waals surface area contributed by atoms with Crippen molar-refractivity contribution < 1.29 is 0 Å². The molecule has 6 aromatic carbocycles. The van der Waals surface area contributed by atoms with Gasteiger partial charge in [-0.2, -0.15) is 0 Å². The van der Waals surface area contributed by atoms with Gasteiger partial charge in [0.25, 0.3) is 0 Å². The van der Waals surface area contributed by atoms with Crippen LogP contribution in [0.15, 0.2) is 170 Å². The van der Waals surface area contributed by atoms with Gasteiger partial charge in [0.15, 0.2) is 0 Å². The number of rotatable bonds is 5. The monoisotopic (exact) mass is 560 g/mol. The molecule has 0 N–H and O–H groups in total. The van der Waals surface area contributed by atoms with Crippen molar-refractivity contribution in [1.29, 1.82) is 0 Å². The zero-order chi connectivity index (χ0) is 29.3. The average molecular weight is 561 g/mol. The van der Waals surface area contributed by atoms with E-state index in [2.05, 4.69) is 133 Å². The summed E-state index contributed by atoms with van der Waals surface area (Å²) in [7, 11) is 0. The summed E-state index contributed by atoms with van der Waals surface area (Å²) in [5.74, 6) is 0. The van der Waals surface area contributed by atoms with Crippen molar-refractivity contribution in [3.05, 3.63) is 170 Å². The first-order valence-electron chi connectivity index (χ1n) is 14.9. The van der Waals surface area contributed by atoms with Crippen LogP contribution in [0, 0.1) is 0 Å². The quantitative estimate of drug-likeness (QED) is 0.196. The molecule has 0 amide bonds. The Kier molecular flexibility index (Phi) is 6.51. The van der Waals surface area contributed by atoms with Crippen molar-refractivity contribution in [2.24, 2.45) is 0 Å². The highest BCUT2D eigenvalue weighted by molar-refractivity contribution is 6.22. The summed E-state index contributed by atoms with van der Waals surface area (Å²) >= 11 is 0. The van der Waals surface area contributed by atoms with Gasteiger partial charge in [-0.1, -0.05) is 127 Å². The molecule has 0 bridgehead atoms. The third-order valence-electron chi connectivity index (χ3n) is 8.40. The zero-order valence-electron chi connectivity index (χ0n) is 24.1. The van der Waals surface area contributed by atoms with E-state index in [-0.39, 0.29) is 0 Å². The van der Waals surface area contributed by atoms with Crippen molar-refractivity contribution in [2.75, 3.05) is 0 Å². The lowest BCUT2D eigenvalue weighted by molar-refractivity contribution is 1.33. The summed E-state index contributed by atoms with van der Waals surface area (Å²) in [4.78, 5) is 9.48. The molecule has 2 nitrogen and oxygen atoms in total. The largest absolute Gasteiger partial charge is 0.263 e. The third-order valence-corrected chi connectivity index (χ3v) is 8.40. The second-order valence-corrected chi connectivity index (χ2v) is 11.1. The molecule has 0 fully saturated rings. The topological polar surface area (TPSA) is 25.8 Å². The molecule has 0 unspecified atom stereocenters. The van der Waals surface area contributed by atoms with Crippen LogP contribution in [0.1, 0.15) is 0 Å². The lowest BCUT2D eigenvalue weighted by Gasteiger charge is -2.19. The van der Waals surface area contributed by atoms with Gasteiger partial charge in [0, 0.05) is 47.0 Å². The van der Waals surface area contributed by atoms with Crippen LogP contribution in [0.25, 0.3) is 77.2 Å². The first-order chi connectivity index (χ1) is 21.8. The van der Waals surface area contributed by atoms with Crippen LogP contribution in [0.3, 0.4) is 0 Å². The van der Waals surface area contributed by atoms with E-state index in [9.17, 15) is 0 Å². The predicted octanol–water partition coefficient (Wildman–Crippen LogP) is 11.1. The predicted molar refractivity (Wildman–Crippen MR) is 184 cm³/mol. The number of aromatic nitrogens is 2. The fraction of sp³-hybridized carbons (Fsp3) is 0. The third kappa shape index (κ3) is 4.63. The zero-order valence-corrected chi connectivity index (χ0v) is 24.1. The van der Waals surface area contributed by atoms with Gasteiger partial charge in [-0.25, -0.2) is 0 Å². The van der Waals surface area contributed by atoms with E-state index in [0.717, 1.165) is 33.4 Å². The van der Waals surface area contributed by atoms with Crippen LogP contribution in [0.5, 0.6) is 0 Å². The molecular weight excluding hydrogens is 532 g/mol. The summed E-state index contributed by atoms with van der Waals surface area (Å²) in [5, 5.41) is 4.77. The van der Waals surface area contributed by atoms with E-state index in [1.807, 2.05) is 36.9 Å². The molecule has 0 saturated carbocycles. The second kappa shape index (κ2) is 11.1. The van der Waals surface area contributed by atoms with Gasteiger partial charge >= 0.3 is 0 Å². The van der Waals surface area contributed by atoms with Gasteiger partial charge in [0.1, 0.15) is 0 Å². The normalized spacial score (nSPS) is 11.2. The van der Waals surface area contributed by atoms with Crippen LogP contribution in [0.2, 0.25) is 0 Å². The minimum absolute atomic E-state index is 1.10. The molecule has 0 atom stereocenters. The van der Waals surface area contributed by atoms with Crippen LogP contribution in [0.4, 0.5) is 0 Å². The molecule has 0 radical (unpaired) electrons. The summed E-state index contributed by atoms with van der Waals surface area (Å²) in [6, 6.07) is 51.7. The molecule has 2 heterocycles. The number of hydrogen-bond acceptors (Lipinski definition) is 2. The number of nitrogens with zero attached hydrogens (tertiary/aromatic N) is 2. The minimum atomic E-state index is 1.10. The van der Waals surface area contributed by atoms with Crippen molar-refractivity contribution in [3.63, 3.8) is 0 Å². The lowest BCUT2D eigenvalue weighted by Crippen LogP contribution is -1.93. The van der Waals surface area contributed by atoms with E-state index in [4.69, 9.17) is 9.97 Å². The van der Waals surface area contributed by atoms with Crippen LogP contribution in [-0.2, 0) is 0 Å². The Labute approximate surface area is 257 Å². The summed E-state index contributed by atoms with van der Waals surface area (Å²) in [5.41, 5.74) is 11.5. The molecule has 0 aliphatic heterocycles. The summed E-state index contributed by atoms with van der Waals surface area (Å²) in [6.07, 6.45) is 7.90. The fourth-order valence-electron chi connectivity index (χ4n) is 6.34. The molecule has 0 saturated heterocycles. The number of benzene rings is 6. The van der Waals surface area contributed by atoms with Crippen molar-refractivity contribution >= 4 is 21.5 Å². The SMILES string of the molecule is c1ccc(-c2cncc(-c3c4ccccc4c(-c4cncc(-c5ccccc5)c4)c4cc(-c5ccccc5)ccc34)c2)cc1. The van der Waals surface area contributed by atoms with Gasteiger partial charge < -0.3 is 0 Å². The standard InChI is InChI=1S/C42H28N2/c1-4-12-29(13-5-1)32-20-21-39-40(24-32)42(36-23-34(26-44-28-36)31-16-8-3-9-17-31)38-19-11-10-18-37(38)41(39)35-22-33(25-43-27-35)30-14-6-2-7-15-30/h1-28H. The second-order valence-electron chi connectivity index (χ2n) is 11.1. The van der Waals surface area contributed by atoms with Gasteiger partial charge in [0.05, 0.1) is 0 Å². The van der Waals surface area contributed by atoms with Crippen LogP contribution < -0.4 is 0 Å². The first-order valence-corrected chi connectivity index (χ1v) is 14.9. The Morgan fingerprint density at radius 3 is 1.14 bits per heavy atom. The van der Waals surface area contributed by atoms with Gasteiger partial charge in [0.2, 0.25) is 0 Å². The van der Waals surface area contributed by atoms with Gasteiger partial charge in [-0.05, 0) is 73.1 Å². The highest BCUT2D eigenvalue weighted by Crippen LogP contribution is 2.45. The molecule has 8 aromatic rings. The molecule has 0 aliphatic rings. The number of hydrogen-bond donors (Lipinski definition) is 0. The van der Waals surface area contributed by atoms with Crippen LogP contribution in [-0.4, -0.2) is 9.97 Å². The molecule has 8 rings (SSSR count). The maximum Gasteiger partial charge on any atom is 0.0347 e. The molecule has 0 aliphatic carbocycles. The Morgan fingerprint density at radius 1 is 0.250 bits per heavy atom. The van der Waals surface area contributed by atoms with Crippen LogP contribution >= 0.6 is 0 Å². The van der Waals surface area contributed by atoms with Crippen molar-refractivity contribution in [1.82, 2.24) is 9.97 Å². The van der Waals surface area contributed by atoms with Crippen molar-refractivity contribution in [2.45, 2.75) is 0 Å². The smallest absolute Gasteiger partial charge is 0.0347 e. The van der Waals surface area contributed by atoms with E-state index in [1.165, 1.54) is 43.8 Å². The molecule has 206 valence electrons. The van der Waals surface area contributed by atoms with E-state index < -0.39 is 0 Å². The molecule has 0 spiro atoms. The van der Waals surface area contributed by atoms with E-state index in [1.54, 1.807) is 0 Å². The number of pyridine rings is 2. The molecule has 2 heteroatoms. The average Bonchev–Trinajstić information content (AvgIpc) is 3.11. The van der Waals surface area contributed by atoms with E-state index >= 15 is 0 Å². The Morgan fingerprint density at radius 2 is 0.636 bits per heavy atom. The number of fused-ring (bicyclic) bond motifs is 2. The maximum atomic E-state index is 4.75. The lowest BCUT2D eigenvalue weighted by atomic mass is 9.85. The highest BCUT2D eigenvalue weighted by atomic mass is 14.6. The fourth-order valence-corrected chi connectivity index (χ4v) is 6.34. The Balaban J connectivity index is 1.45. The van der Waals surface area contributed by atoms with E-state index in [0.29, 0.717) is 0 Å². The molecular formula is C42H28N2. The highest BCUT2D eigenvalue weighted by Gasteiger charge is 2.19.